The van der Waals surface area contributed by atoms with Crippen LogP contribution in [0.2, 0.25) is 0 Å². The molecular weight excluding hydrogens is 290 g/mol. The maximum Gasteiger partial charge on any atom is 0.409 e. The highest BCUT2D eigenvalue weighted by atomic mass is 32.2. The lowest BCUT2D eigenvalue weighted by atomic mass is 10.3. The van der Waals surface area contributed by atoms with Gasteiger partial charge in [-0.3, -0.25) is 0 Å². The molecule has 6 heteroatoms. The van der Waals surface area contributed by atoms with Gasteiger partial charge in [0.05, 0.1) is 19.8 Å². The molecule has 1 aromatic rings. The minimum absolute atomic E-state index is 0.185. The van der Waals surface area contributed by atoms with Crippen LogP contribution >= 0.6 is 11.8 Å². The van der Waals surface area contributed by atoms with Crippen LogP contribution in [0.5, 0.6) is 11.5 Å². The van der Waals surface area contributed by atoms with Gasteiger partial charge in [-0.15, -0.1) is 11.8 Å². The van der Waals surface area contributed by atoms with Gasteiger partial charge in [-0.05, 0) is 30.4 Å². The zero-order chi connectivity index (χ0) is 14.5. The molecule has 0 saturated carbocycles. The maximum atomic E-state index is 11.3. The number of ether oxygens (including phenoxy) is 3. The second-order valence-corrected chi connectivity index (χ2v) is 6.13. The molecule has 1 amide bonds. The van der Waals surface area contributed by atoms with E-state index in [2.05, 4.69) is 6.07 Å². The van der Waals surface area contributed by atoms with Crippen LogP contribution in [0.4, 0.5) is 4.79 Å². The van der Waals surface area contributed by atoms with Crippen molar-refractivity contribution in [1.82, 2.24) is 4.90 Å². The van der Waals surface area contributed by atoms with Crippen LogP contribution < -0.4 is 9.47 Å². The zero-order valence-corrected chi connectivity index (χ0v) is 12.7. The van der Waals surface area contributed by atoms with Crippen molar-refractivity contribution in [2.24, 2.45) is 0 Å². The van der Waals surface area contributed by atoms with E-state index in [1.165, 1.54) is 4.90 Å². The minimum Gasteiger partial charge on any atom is -0.490 e. The lowest BCUT2D eigenvalue weighted by molar-refractivity contribution is 0.158. The number of hydrogen-bond acceptors (Lipinski definition) is 5. The number of amides is 1. The Kier molecular flexibility index (Phi) is 4.75. The molecule has 0 atom stereocenters. The monoisotopic (exact) mass is 309 g/mol. The standard InChI is InChI=1S/C15H19NO4S/c17-15-16(6-9-20-15)5-1-10-21-12-3-4-13-14(11-12)19-8-2-7-18-13/h3-4,11H,1-2,5-10H2. The molecule has 2 aliphatic rings. The Morgan fingerprint density at radius 3 is 2.76 bits per heavy atom. The lowest BCUT2D eigenvalue weighted by Gasteiger charge is -2.12. The average Bonchev–Trinajstić information content (AvgIpc) is 2.76. The van der Waals surface area contributed by atoms with E-state index in [1.807, 2.05) is 12.1 Å². The van der Waals surface area contributed by atoms with E-state index in [9.17, 15) is 4.79 Å². The first-order chi connectivity index (χ1) is 10.3. The molecule has 1 aromatic carbocycles. The smallest absolute Gasteiger partial charge is 0.409 e. The molecule has 3 rings (SSSR count). The van der Waals surface area contributed by atoms with Crippen LogP contribution in [0.1, 0.15) is 12.8 Å². The highest BCUT2D eigenvalue weighted by molar-refractivity contribution is 7.99. The van der Waals surface area contributed by atoms with Gasteiger partial charge in [0, 0.05) is 17.9 Å². The van der Waals surface area contributed by atoms with Gasteiger partial charge in [0.2, 0.25) is 0 Å². The molecule has 21 heavy (non-hydrogen) atoms. The fourth-order valence-electron chi connectivity index (χ4n) is 2.31. The van der Waals surface area contributed by atoms with Crippen molar-refractivity contribution in [3.63, 3.8) is 0 Å². The average molecular weight is 309 g/mol. The van der Waals surface area contributed by atoms with Gasteiger partial charge in [0.15, 0.2) is 11.5 Å². The number of carbonyl (C=O) groups is 1. The third-order valence-electron chi connectivity index (χ3n) is 3.41. The van der Waals surface area contributed by atoms with Gasteiger partial charge in [0.25, 0.3) is 0 Å². The van der Waals surface area contributed by atoms with Gasteiger partial charge in [0.1, 0.15) is 6.61 Å². The third kappa shape index (κ3) is 3.75. The van der Waals surface area contributed by atoms with E-state index in [1.54, 1.807) is 16.7 Å². The first kappa shape index (κ1) is 14.4. The normalized spacial score (nSPS) is 17.5. The minimum atomic E-state index is -0.185. The summed E-state index contributed by atoms with van der Waals surface area (Å²) in [5.41, 5.74) is 0. The number of nitrogens with zero attached hydrogens (tertiary/aromatic N) is 1. The SMILES string of the molecule is O=C1OCCN1CCCSc1ccc2c(c1)OCCCO2. The molecule has 0 N–H and O–H groups in total. The fraction of sp³-hybridized carbons (Fsp3) is 0.533. The van der Waals surface area contributed by atoms with Crippen molar-refractivity contribution in [3.05, 3.63) is 18.2 Å². The number of rotatable bonds is 5. The summed E-state index contributed by atoms with van der Waals surface area (Å²) in [5.74, 6) is 2.63. The zero-order valence-electron chi connectivity index (χ0n) is 11.9. The summed E-state index contributed by atoms with van der Waals surface area (Å²) >= 11 is 1.77. The highest BCUT2D eigenvalue weighted by Gasteiger charge is 2.20. The molecule has 0 unspecified atom stereocenters. The molecule has 0 aromatic heterocycles. The number of fused-ring (bicyclic) bond motifs is 1. The third-order valence-corrected chi connectivity index (χ3v) is 4.49. The summed E-state index contributed by atoms with van der Waals surface area (Å²) < 4.78 is 16.2. The van der Waals surface area contributed by atoms with E-state index in [-0.39, 0.29) is 6.09 Å². The topological polar surface area (TPSA) is 48.0 Å². The van der Waals surface area contributed by atoms with E-state index >= 15 is 0 Å². The van der Waals surface area contributed by atoms with E-state index in [4.69, 9.17) is 14.2 Å². The molecule has 114 valence electrons. The number of hydrogen-bond donors (Lipinski definition) is 0. The number of cyclic esters (lactones) is 1. The summed E-state index contributed by atoms with van der Waals surface area (Å²) in [6.45, 7) is 3.42. The van der Waals surface area contributed by atoms with Crippen LogP contribution in [0.3, 0.4) is 0 Å². The number of benzene rings is 1. The summed E-state index contributed by atoms with van der Waals surface area (Å²) in [6, 6.07) is 6.07. The largest absolute Gasteiger partial charge is 0.490 e. The van der Waals surface area contributed by atoms with Gasteiger partial charge in [-0.2, -0.15) is 0 Å². The summed E-state index contributed by atoms with van der Waals surface area (Å²) in [4.78, 5) is 14.2. The maximum absolute atomic E-state index is 11.3. The Labute approximate surface area is 128 Å². The van der Waals surface area contributed by atoms with Crippen molar-refractivity contribution < 1.29 is 19.0 Å². The Morgan fingerprint density at radius 2 is 1.95 bits per heavy atom. The first-order valence-corrected chi connectivity index (χ1v) is 8.26. The van der Waals surface area contributed by atoms with Gasteiger partial charge in [-0.1, -0.05) is 0 Å². The van der Waals surface area contributed by atoms with Gasteiger partial charge < -0.3 is 19.1 Å². The molecule has 5 nitrogen and oxygen atoms in total. The first-order valence-electron chi connectivity index (χ1n) is 7.27. The molecule has 1 fully saturated rings. The van der Waals surface area contributed by atoms with E-state index < -0.39 is 0 Å². The molecule has 0 spiro atoms. The molecule has 0 bridgehead atoms. The Hall–Kier alpha value is -1.56. The molecule has 0 aliphatic carbocycles. The second-order valence-electron chi connectivity index (χ2n) is 4.96. The molecule has 0 radical (unpaired) electrons. The Balaban J connectivity index is 1.47. The van der Waals surface area contributed by atoms with Crippen LogP contribution in [0.15, 0.2) is 23.1 Å². The van der Waals surface area contributed by atoms with Crippen LogP contribution in [-0.4, -0.2) is 49.7 Å². The van der Waals surface area contributed by atoms with Crippen molar-refractivity contribution in [1.29, 1.82) is 0 Å². The van der Waals surface area contributed by atoms with Crippen LogP contribution in [-0.2, 0) is 4.74 Å². The second kappa shape index (κ2) is 6.93. The Morgan fingerprint density at radius 1 is 1.10 bits per heavy atom. The summed E-state index contributed by atoms with van der Waals surface area (Å²) in [5, 5.41) is 0. The molecule has 1 saturated heterocycles. The number of carbonyl (C=O) groups excluding carboxylic acids is 1. The van der Waals surface area contributed by atoms with Crippen molar-refractivity contribution in [2.45, 2.75) is 17.7 Å². The van der Waals surface area contributed by atoms with E-state index in [0.717, 1.165) is 36.6 Å². The van der Waals surface area contributed by atoms with Crippen LogP contribution in [0.25, 0.3) is 0 Å². The highest BCUT2D eigenvalue weighted by Crippen LogP contribution is 2.34. The van der Waals surface area contributed by atoms with Gasteiger partial charge in [-0.25, -0.2) is 4.79 Å². The van der Waals surface area contributed by atoms with E-state index in [0.29, 0.717) is 26.4 Å². The number of thioether (sulfide) groups is 1. The fourth-order valence-corrected chi connectivity index (χ4v) is 3.17. The summed E-state index contributed by atoms with van der Waals surface area (Å²) in [7, 11) is 0. The van der Waals surface area contributed by atoms with Gasteiger partial charge >= 0.3 is 6.09 Å². The molecule has 2 heterocycles. The molecule has 2 aliphatic heterocycles. The predicted molar refractivity (Wildman–Crippen MR) is 80.3 cm³/mol. The predicted octanol–water partition coefficient (Wildman–Crippen LogP) is 2.78. The van der Waals surface area contributed by atoms with Crippen molar-refractivity contribution >= 4 is 17.9 Å². The lowest BCUT2D eigenvalue weighted by Crippen LogP contribution is -2.25. The molecular formula is C15H19NO4S. The summed E-state index contributed by atoms with van der Waals surface area (Å²) in [6.07, 6.45) is 1.69. The quantitative estimate of drug-likeness (QED) is 0.618. The Bertz CT molecular complexity index is 508. The van der Waals surface area contributed by atoms with Crippen LogP contribution in [0, 0.1) is 0 Å². The van der Waals surface area contributed by atoms with Crippen molar-refractivity contribution in [3.8, 4) is 11.5 Å². The van der Waals surface area contributed by atoms with Crippen molar-refractivity contribution in [2.75, 3.05) is 38.7 Å².